The van der Waals surface area contributed by atoms with Crippen LogP contribution in [0.3, 0.4) is 0 Å². The molecule has 148 valence electrons. The molecule has 6 heteroatoms. The first-order valence-corrected chi connectivity index (χ1v) is 9.47. The molecule has 0 unspecified atom stereocenters. The maximum atomic E-state index is 12.5. The van der Waals surface area contributed by atoms with Crippen LogP contribution in [0.5, 0.6) is 11.5 Å². The number of carboxylic acids is 1. The summed E-state index contributed by atoms with van der Waals surface area (Å²) >= 11 is 0. The first kappa shape index (κ1) is 19.7. The maximum Gasteiger partial charge on any atom is 0.314 e. The van der Waals surface area contributed by atoms with Crippen molar-refractivity contribution in [3.63, 3.8) is 0 Å². The van der Waals surface area contributed by atoms with Crippen LogP contribution in [0, 0.1) is 0 Å². The summed E-state index contributed by atoms with van der Waals surface area (Å²) in [4.78, 5) is 26.2. The molecule has 1 fully saturated rings. The van der Waals surface area contributed by atoms with Gasteiger partial charge in [-0.3, -0.25) is 9.59 Å². The molecule has 6 nitrogen and oxygen atoms in total. The minimum Gasteiger partial charge on any atom is -0.494 e. The highest BCUT2D eigenvalue weighted by Gasteiger charge is 2.43. The molecular weight excluding hydrogens is 358 g/mol. The summed E-state index contributed by atoms with van der Waals surface area (Å²) < 4.78 is 11.0. The Morgan fingerprint density at radius 1 is 0.964 bits per heavy atom. The van der Waals surface area contributed by atoms with Gasteiger partial charge in [0.05, 0.1) is 12.0 Å². The number of aliphatic carboxylic acids is 1. The van der Waals surface area contributed by atoms with Gasteiger partial charge in [0.15, 0.2) is 6.61 Å². The van der Waals surface area contributed by atoms with E-state index in [-0.39, 0.29) is 12.5 Å². The van der Waals surface area contributed by atoms with E-state index in [1.807, 2.05) is 37.3 Å². The van der Waals surface area contributed by atoms with Gasteiger partial charge in [-0.15, -0.1) is 0 Å². The summed E-state index contributed by atoms with van der Waals surface area (Å²) in [6.07, 6.45) is 0.780. The van der Waals surface area contributed by atoms with Gasteiger partial charge < -0.3 is 19.5 Å². The number of carboxylic acid groups (broad SMARTS) is 1. The lowest BCUT2D eigenvalue weighted by atomic mass is 9.73. The predicted molar refractivity (Wildman–Crippen MR) is 105 cm³/mol. The average molecular weight is 383 g/mol. The lowest BCUT2D eigenvalue weighted by Gasteiger charge is -2.39. The van der Waals surface area contributed by atoms with Crippen LogP contribution >= 0.6 is 0 Å². The number of benzene rings is 2. The van der Waals surface area contributed by atoms with E-state index in [0.717, 1.165) is 11.3 Å². The van der Waals surface area contributed by atoms with Crippen molar-refractivity contribution in [2.75, 3.05) is 26.3 Å². The molecule has 0 atom stereocenters. The summed E-state index contributed by atoms with van der Waals surface area (Å²) in [6, 6.07) is 16.4. The van der Waals surface area contributed by atoms with Gasteiger partial charge in [-0.1, -0.05) is 30.3 Å². The van der Waals surface area contributed by atoms with E-state index in [1.165, 1.54) is 0 Å². The normalized spacial score (nSPS) is 15.7. The highest BCUT2D eigenvalue weighted by atomic mass is 16.5. The summed E-state index contributed by atoms with van der Waals surface area (Å²) in [5, 5.41) is 9.84. The maximum absolute atomic E-state index is 12.5. The van der Waals surface area contributed by atoms with E-state index < -0.39 is 11.4 Å². The Balaban J connectivity index is 1.56. The van der Waals surface area contributed by atoms with E-state index in [9.17, 15) is 14.7 Å². The van der Waals surface area contributed by atoms with Crippen molar-refractivity contribution in [3.05, 3.63) is 60.2 Å². The first-order valence-electron chi connectivity index (χ1n) is 9.47. The van der Waals surface area contributed by atoms with E-state index >= 15 is 0 Å². The number of ether oxygens (including phenoxy) is 2. The zero-order valence-corrected chi connectivity index (χ0v) is 16.0. The van der Waals surface area contributed by atoms with Crippen molar-refractivity contribution >= 4 is 11.9 Å². The third-order valence-corrected chi connectivity index (χ3v) is 5.20. The Morgan fingerprint density at radius 2 is 1.54 bits per heavy atom. The Labute approximate surface area is 164 Å². The smallest absolute Gasteiger partial charge is 0.314 e. The molecule has 0 spiro atoms. The van der Waals surface area contributed by atoms with Gasteiger partial charge in [0.2, 0.25) is 0 Å². The minimum absolute atomic E-state index is 0.0700. The fraction of sp³-hybridized carbons (Fsp3) is 0.364. The number of hydrogen-bond donors (Lipinski definition) is 1. The van der Waals surface area contributed by atoms with Crippen molar-refractivity contribution in [1.29, 1.82) is 0 Å². The fourth-order valence-electron chi connectivity index (χ4n) is 3.56. The largest absolute Gasteiger partial charge is 0.494 e. The summed E-state index contributed by atoms with van der Waals surface area (Å²) in [5.41, 5.74) is -0.145. The van der Waals surface area contributed by atoms with Crippen LogP contribution < -0.4 is 9.47 Å². The molecule has 1 heterocycles. The molecule has 3 rings (SSSR count). The molecule has 0 bridgehead atoms. The molecule has 28 heavy (non-hydrogen) atoms. The minimum atomic E-state index is -0.937. The number of carbonyl (C=O) groups is 2. The van der Waals surface area contributed by atoms with Gasteiger partial charge in [-0.25, -0.2) is 0 Å². The zero-order valence-electron chi connectivity index (χ0n) is 16.0. The lowest BCUT2D eigenvalue weighted by molar-refractivity contribution is -0.148. The average Bonchev–Trinajstić information content (AvgIpc) is 2.74. The SMILES string of the molecule is CCOc1ccc(OCC(=O)N2CCC(C(=O)O)(c3ccccc3)CC2)cc1. The molecule has 0 aliphatic carbocycles. The van der Waals surface area contributed by atoms with Crippen LogP contribution in [-0.4, -0.2) is 48.2 Å². The van der Waals surface area contributed by atoms with Crippen molar-refractivity contribution in [3.8, 4) is 11.5 Å². The topological polar surface area (TPSA) is 76.1 Å². The molecule has 2 aromatic carbocycles. The van der Waals surface area contributed by atoms with Crippen LogP contribution in [0.4, 0.5) is 0 Å². The Hall–Kier alpha value is -3.02. The van der Waals surface area contributed by atoms with E-state index in [0.29, 0.717) is 38.3 Å². The van der Waals surface area contributed by atoms with Crippen LogP contribution in [0.1, 0.15) is 25.3 Å². The summed E-state index contributed by atoms with van der Waals surface area (Å²) in [7, 11) is 0. The highest BCUT2D eigenvalue weighted by molar-refractivity contribution is 5.83. The zero-order chi connectivity index (χ0) is 20.0. The third-order valence-electron chi connectivity index (χ3n) is 5.20. The molecule has 1 saturated heterocycles. The quantitative estimate of drug-likeness (QED) is 0.795. The molecule has 1 aliphatic rings. The molecular formula is C22H25NO5. The van der Waals surface area contributed by atoms with E-state index in [4.69, 9.17) is 9.47 Å². The second-order valence-electron chi connectivity index (χ2n) is 6.83. The van der Waals surface area contributed by atoms with E-state index in [2.05, 4.69) is 0 Å². The van der Waals surface area contributed by atoms with Gasteiger partial charge in [-0.2, -0.15) is 0 Å². The monoisotopic (exact) mass is 383 g/mol. The highest BCUT2D eigenvalue weighted by Crippen LogP contribution is 2.36. The third kappa shape index (κ3) is 4.27. The number of hydrogen-bond acceptors (Lipinski definition) is 4. The number of amides is 1. The molecule has 1 aliphatic heterocycles. The van der Waals surface area contributed by atoms with E-state index in [1.54, 1.807) is 29.2 Å². The predicted octanol–water partition coefficient (Wildman–Crippen LogP) is 3.11. The number of carbonyl (C=O) groups excluding carboxylic acids is 1. The molecule has 1 amide bonds. The Bertz CT molecular complexity index is 795. The van der Waals surface area contributed by atoms with Gasteiger partial charge in [0.1, 0.15) is 11.5 Å². The van der Waals surface area contributed by atoms with Crippen LogP contribution in [-0.2, 0) is 15.0 Å². The second kappa shape index (κ2) is 8.78. The summed E-state index contributed by atoms with van der Waals surface area (Å²) in [6.45, 7) is 3.23. The first-order chi connectivity index (χ1) is 13.5. The number of nitrogens with zero attached hydrogens (tertiary/aromatic N) is 1. The van der Waals surface area contributed by atoms with Crippen molar-refractivity contribution < 1.29 is 24.2 Å². The number of likely N-dealkylation sites (tertiary alicyclic amines) is 1. The Kier molecular flexibility index (Phi) is 6.19. The van der Waals surface area contributed by atoms with Gasteiger partial charge in [-0.05, 0) is 49.6 Å². The molecule has 0 saturated carbocycles. The number of piperidine rings is 1. The molecule has 1 N–H and O–H groups in total. The molecule has 2 aromatic rings. The van der Waals surface area contributed by atoms with Gasteiger partial charge in [0.25, 0.3) is 5.91 Å². The van der Waals surface area contributed by atoms with Gasteiger partial charge in [0, 0.05) is 13.1 Å². The molecule has 0 radical (unpaired) electrons. The van der Waals surface area contributed by atoms with Crippen molar-refractivity contribution in [1.82, 2.24) is 4.90 Å². The van der Waals surface area contributed by atoms with Crippen LogP contribution in [0.2, 0.25) is 0 Å². The molecule has 0 aromatic heterocycles. The van der Waals surface area contributed by atoms with Crippen molar-refractivity contribution in [2.24, 2.45) is 0 Å². The standard InChI is InChI=1S/C22H25NO5/c1-2-27-18-8-10-19(11-9-18)28-16-20(24)23-14-12-22(13-15-23,21(25)26)17-6-4-3-5-7-17/h3-11H,2,12-16H2,1H3,(H,25,26). The number of rotatable bonds is 7. The lowest BCUT2D eigenvalue weighted by Crippen LogP contribution is -2.50. The second-order valence-corrected chi connectivity index (χ2v) is 6.83. The summed E-state index contributed by atoms with van der Waals surface area (Å²) in [5.74, 6) is 0.374. The van der Waals surface area contributed by atoms with Crippen molar-refractivity contribution in [2.45, 2.75) is 25.2 Å². The fourth-order valence-corrected chi connectivity index (χ4v) is 3.56. The van der Waals surface area contributed by atoms with Gasteiger partial charge >= 0.3 is 5.97 Å². The Morgan fingerprint density at radius 3 is 2.07 bits per heavy atom. The van der Waals surface area contributed by atoms with Crippen LogP contribution in [0.15, 0.2) is 54.6 Å². The van der Waals surface area contributed by atoms with Crippen LogP contribution in [0.25, 0.3) is 0 Å².